The maximum Gasteiger partial charge on any atom is 0.287 e. The van der Waals surface area contributed by atoms with Gasteiger partial charge in [-0.25, -0.2) is 8.78 Å². The van der Waals surface area contributed by atoms with Crippen molar-refractivity contribution in [3.05, 3.63) is 71.4 Å². The number of aromatic nitrogens is 2. The van der Waals surface area contributed by atoms with E-state index in [4.69, 9.17) is 4.74 Å². The largest absolute Gasteiger partial charge is 0.497 e. The second-order valence-electron chi connectivity index (χ2n) is 6.10. The first kappa shape index (κ1) is 20.0. The van der Waals surface area contributed by atoms with Crippen LogP contribution in [0.15, 0.2) is 48.5 Å². The topological polar surface area (TPSA) is 96.1 Å². The first-order chi connectivity index (χ1) is 14.0. The molecule has 3 N–H and O–H groups in total. The molecule has 0 spiro atoms. The standard InChI is InChI=1S/C20H18F2N4O3/c1-29-13-7-5-12(6-8-13)17-11-18(24-23-17)20(28)26-25-19(27)10-9-14-15(21)3-2-4-16(14)22/h2-8,11H,9-10H2,1H3,(H,23,24)(H,25,27)(H,26,28). The molecule has 1 aromatic heterocycles. The smallest absolute Gasteiger partial charge is 0.287 e. The number of hydrazine groups is 1. The minimum Gasteiger partial charge on any atom is -0.497 e. The van der Waals surface area contributed by atoms with Gasteiger partial charge in [0.05, 0.1) is 12.8 Å². The van der Waals surface area contributed by atoms with Gasteiger partial charge in [0.25, 0.3) is 5.91 Å². The van der Waals surface area contributed by atoms with Gasteiger partial charge in [-0.2, -0.15) is 5.10 Å². The Balaban J connectivity index is 1.52. The molecular formula is C20H18F2N4O3. The number of nitrogens with one attached hydrogen (secondary N) is 3. The fourth-order valence-electron chi connectivity index (χ4n) is 2.61. The van der Waals surface area contributed by atoms with Crippen molar-refractivity contribution in [3.63, 3.8) is 0 Å². The summed E-state index contributed by atoms with van der Waals surface area (Å²) in [6, 6.07) is 12.1. The summed E-state index contributed by atoms with van der Waals surface area (Å²) in [6.45, 7) is 0. The monoisotopic (exact) mass is 400 g/mol. The molecule has 150 valence electrons. The predicted molar refractivity (Wildman–Crippen MR) is 101 cm³/mol. The minimum absolute atomic E-state index is 0.133. The van der Waals surface area contributed by atoms with E-state index < -0.39 is 23.4 Å². The molecule has 0 saturated heterocycles. The van der Waals surface area contributed by atoms with Gasteiger partial charge in [0, 0.05) is 17.5 Å². The number of H-pyrrole nitrogens is 1. The Morgan fingerprint density at radius 1 is 1.07 bits per heavy atom. The van der Waals surface area contributed by atoms with Crippen molar-refractivity contribution in [1.82, 2.24) is 21.0 Å². The second-order valence-corrected chi connectivity index (χ2v) is 6.10. The molecule has 0 aliphatic carbocycles. The number of rotatable bonds is 6. The number of nitrogens with zero attached hydrogens (tertiary/aromatic N) is 1. The van der Waals surface area contributed by atoms with E-state index in [0.29, 0.717) is 11.4 Å². The van der Waals surface area contributed by atoms with Crippen LogP contribution in [0.1, 0.15) is 22.5 Å². The lowest BCUT2D eigenvalue weighted by Gasteiger charge is -2.07. The maximum atomic E-state index is 13.6. The molecule has 3 aromatic rings. The van der Waals surface area contributed by atoms with Crippen LogP contribution >= 0.6 is 0 Å². The molecular weight excluding hydrogens is 382 g/mol. The summed E-state index contributed by atoms with van der Waals surface area (Å²) in [6.07, 6.45) is -0.329. The third kappa shape index (κ3) is 4.95. The molecule has 29 heavy (non-hydrogen) atoms. The molecule has 3 rings (SSSR count). The van der Waals surface area contributed by atoms with Crippen LogP contribution in [0.25, 0.3) is 11.3 Å². The van der Waals surface area contributed by atoms with E-state index in [2.05, 4.69) is 21.0 Å². The molecule has 0 aliphatic heterocycles. The Hall–Kier alpha value is -3.75. The molecule has 0 bridgehead atoms. The third-order valence-electron chi connectivity index (χ3n) is 4.19. The fourth-order valence-corrected chi connectivity index (χ4v) is 2.61. The molecule has 9 heteroatoms. The summed E-state index contributed by atoms with van der Waals surface area (Å²) in [5, 5.41) is 6.65. The van der Waals surface area contributed by atoms with Crippen molar-refractivity contribution in [2.24, 2.45) is 0 Å². The number of ether oxygens (including phenoxy) is 1. The molecule has 2 amide bonds. The highest BCUT2D eigenvalue weighted by Crippen LogP contribution is 2.21. The number of aromatic amines is 1. The van der Waals surface area contributed by atoms with E-state index >= 15 is 0 Å². The highest BCUT2D eigenvalue weighted by Gasteiger charge is 2.14. The Kier molecular flexibility index (Phi) is 6.18. The number of methoxy groups -OCH3 is 1. The zero-order valence-electron chi connectivity index (χ0n) is 15.5. The van der Waals surface area contributed by atoms with E-state index in [0.717, 1.165) is 17.7 Å². The van der Waals surface area contributed by atoms with Crippen molar-refractivity contribution < 1.29 is 23.1 Å². The van der Waals surface area contributed by atoms with Crippen molar-refractivity contribution in [2.45, 2.75) is 12.8 Å². The SMILES string of the molecule is COc1ccc(-c2cc(C(=O)NNC(=O)CCc3c(F)cccc3F)[nH]n2)cc1. The number of amides is 2. The number of halogens is 2. The van der Waals surface area contributed by atoms with Crippen LogP contribution in [0.3, 0.4) is 0 Å². The molecule has 1 heterocycles. The van der Waals surface area contributed by atoms with Crippen LogP contribution in [0.4, 0.5) is 8.78 Å². The van der Waals surface area contributed by atoms with Crippen LogP contribution in [0.2, 0.25) is 0 Å². The highest BCUT2D eigenvalue weighted by atomic mass is 19.1. The lowest BCUT2D eigenvalue weighted by Crippen LogP contribution is -2.41. The van der Waals surface area contributed by atoms with Gasteiger partial charge in [-0.05, 0) is 48.9 Å². The summed E-state index contributed by atoms with van der Waals surface area (Å²) in [5.74, 6) is -1.94. The zero-order valence-corrected chi connectivity index (χ0v) is 15.5. The maximum absolute atomic E-state index is 13.6. The van der Waals surface area contributed by atoms with Crippen LogP contribution in [0.5, 0.6) is 5.75 Å². The fraction of sp³-hybridized carbons (Fsp3) is 0.150. The summed E-state index contributed by atoms with van der Waals surface area (Å²) < 4.78 is 32.2. The number of hydrogen-bond donors (Lipinski definition) is 3. The summed E-state index contributed by atoms with van der Waals surface area (Å²) in [7, 11) is 1.56. The van der Waals surface area contributed by atoms with E-state index in [-0.39, 0.29) is 24.1 Å². The molecule has 0 radical (unpaired) electrons. The Bertz CT molecular complexity index is 999. The summed E-state index contributed by atoms with van der Waals surface area (Å²) in [5.41, 5.74) is 5.71. The van der Waals surface area contributed by atoms with Crippen molar-refractivity contribution in [1.29, 1.82) is 0 Å². The highest BCUT2D eigenvalue weighted by molar-refractivity contribution is 5.94. The zero-order chi connectivity index (χ0) is 20.8. The molecule has 2 aromatic carbocycles. The van der Waals surface area contributed by atoms with E-state index in [1.54, 1.807) is 31.4 Å². The average Bonchev–Trinajstić information content (AvgIpc) is 3.22. The molecule has 0 atom stereocenters. The minimum atomic E-state index is -0.717. The Morgan fingerprint density at radius 2 is 1.76 bits per heavy atom. The van der Waals surface area contributed by atoms with Gasteiger partial charge in [-0.3, -0.25) is 25.5 Å². The molecule has 7 nitrogen and oxygen atoms in total. The van der Waals surface area contributed by atoms with Crippen LogP contribution < -0.4 is 15.6 Å². The lowest BCUT2D eigenvalue weighted by atomic mass is 10.1. The van der Waals surface area contributed by atoms with Gasteiger partial charge in [-0.1, -0.05) is 6.07 Å². The van der Waals surface area contributed by atoms with Gasteiger partial charge < -0.3 is 4.74 Å². The van der Waals surface area contributed by atoms with Crippen molar-refractivity contribution >= 4 is 11.8 Å². The van der Waals surface area contributed by atoms with E-state index in [9.17, 15) is 18.4 Å². The summed E-state index contributed by atoms with van der Waals surface area (Å²) in [4.78, 5) is 24.0. The van der Waals surface area contributed by atoms with E-state index in [1.807, 2.05) is 0 Å². The van der Waals surface area contributed by atoms with Gasteiger partial charge in [0.1, 0.15) is 23.1 Å². The number of hydrogen-bond acceptors (Lipinski definition) is 4. The molecule has 0 saturated carbocycles. The predicted octanol–water partition coefficient (Wildman–Crippen LogP) is 2.76. The normalized spacial score (nSPS) is 10.4. The number of carbonyl (C=O) groups is 2. The molecule has 0 fully saturated rings. The van der Waals surface area contributed by atoms with Gasteiger partial charge in [0.15, 0.2) is 0 Å². The van der Waals surface area contributed by atoms with Crippen LogP contribution in [-0.2, 0) is 11.2 Å². The first-order valence-electron chi connectivity index (χ1n) is 8.70. The first-order valence-corrected chi connectivity index (χ1v) is 8.70. The van der Waals surface area contributed by atoms with Crippen molar-refractivity contribution in [2.75, 3.05) is 7.11 Å². The quantitative estimate of drug-likeness (QED) is 0.555. The van der Waals surface area contributed by atoms with E-state index in [1.165, 1.54) is 12.1 Å². The van der Waals surface area contributed by atoms with Crippen LogP contribution in [0, 0.1) is 11.6 Å². The summed E-state index contributed by atoms with van der Waals surface area (Å²) >= 11 is 0. The molecule has 0 unspecified atom stereocenters. The Morgan fingerprint density at radius 3 is 2.41 bits per heavy atom. The van der Waals surface area contributed by atoms with Crippen LogP contribution in [-0.4, -0.2) is 29.1 Å². The number of benzene rings is 2. The lowest BCUT2D eigenvalue weighted by molar-refractivity contribution is -0.121. The second kappa shape index (κ2) is 8.96. The molecule has 0 aliphatic rings. The van der Waals surface area contributed by atoms with Gasteiger partial charge >= 0.3 is 0 Å². The van der Waals surface area contributed by atoms with Gasteiger partial charge in [0.2, 0.25) is 5.91 Å². The average molecular weight is 400 g/mol. The third-order valence-corrected chi connectivity index (χ3v) is 4.19. The number of carbonyl (C=O) groups excluding carboxylic acids is 2. The Labute approximate surface area is 165 Å². The van der Waals surface area contributed by atoms with Gasteiger partial charge in [-0.15, -0.1) is 0 Å². The van der Waals surface area contributed by atoms with Crippen molar-refractivity contribution in [3.8, 4) is 17.0 Å².